The van der Waals surface area contributed by atoms with Crippen LogP contribution in [-0.2, 0) is 21.2 Å². The minimum Gasteiger partial charge on any atom is -0.340 e. The molecule has 0 radical (unpaired) electrons. The lowest BCUT2D eigenvalue weighted by molar-refractivity contribution is -0.132. The van der Waals surface area contributed by atoms with E-state index in [1.165, 1.54) is 0 Å². The molecular weight excluding hydrogens is 382 g/mol. The Morgan fingerprint density at radius 1 is 1.08 bits per heavy atom. The molecule has 2 heterocycles. The van der Waals surface area contributed by atoms with E-state index in [0.717, 1.165) is 28.1 Å². The molecule has 9 heteroatoms. The monoisotopic (exact) mass is 400 g/mol. The van der Waals surface area contributed by atoms with Crippen LogP contribution in [0.2, 0.25) is 0 Å². The van der Waals surface area contributed by atoms with Crippen LogP contribution >= 0.6 is 11.3 Å². The second-order valence-corrected chi connectivity index (χ2v) is 8.62. The third kappa shape index (κ3) is 3.94. The Hall–Kier alpha value is -1.84. The van der Waals surface area contributed by atoms with Crippen LogP contribution in [0.25, 0.3) is 0 Å². The molecule has 2 aromatic rings. The maximum Gasteiger partial charge on any atom is 0.249 e. The number of thiophene rings is 1. The van der Waals surface area contributed by atoms with E-state index < -0.39 is 26.6 Å². The molecule has 0 spiro atoms. The van der Waals surface area contributed by atoms with Gasteiger partial charge in [0.15, 0.2) is 4.90 Å². The van der Waals surface area contributed by atoms with E-state index >= 15 is 0 Å². The van der Waals surface area contributed by atoms with Gasteiger partial charge in [-0.15, -0.1) is 0 Å². The SMILES string of the molecule is O=C(CCc1ccsc1)N1CCN(S(=O)(=O)c2c(F)cccc2F)CC1. The molecule has 1 aromatic carbocycles. The van der Waals surface area contributed by atoms with Gasteiger partial charge in [-0.2, -0.15) is 15.6 Å². The van der Waals surface area contributed by atoms with Gasteiger partial charge in [-0.05, 0) is 40.9 Å². The zero-order valence-corrected chi connectivity index (χ0v) is 15.5. The lowest BCUT2D eigenvalue weighted by Crippen LogP contribution is -2.50. The number of aryl methyl sites for hydroxylation is 1. The number of sulfonamides is 1. The third-order valence-corrected chi connectivity index (χ3v) is 7.00. The van der Waals surface area contributed by atoms with Crippen molar-refractivity contribution in [3.8, 4) is 0 Å². The van der Waals surface area contributed by atoms with E-state index in [-0.39, 0.29) is 32.1 Å². The van der Waals surface area contributed by atoms with Gasteiger partial charge in [0, 0.05) is 32.6 Å². The molecule has 1 fully saturated rings. The molecule has 1 aliphatic heterocycles. The number of piperazine rings is 1. The molecule has 0 aliphatic carbocycles. The number of benzene rings is 1. The standard InChI is InChI=1S/C17H18F2N2O3S2/c18-14-2-1-3-15(19)17(14)26(23,24)21-9-7-20(8-10-21)16(22)5-4-13-6-11-25-12-13/h1-3,6,11-12H,4-5,7-10H2. The van der Waals surface area contributed by atoms with E-state index in [4.69, 9.17) is 0 Å². The van der Waals surface area contributed by atoms with Gasteiger partial charge in [0.25, 0.3) is 0 Å². The summed E-state index contributed by atoms with van der Waals surface area (Å²) in [6.45, 7) is 0.441. The lowest BCUT2D eigenvalue weighted by Gasteiger charge is -2.34. The van der Waals surface area contributed by atoms with Crippen LogP contribution in [0.3, 0.4) is 0 Å². The van der Waals surface area contributed by atoms with Crippen LogP contribution < -0.4 is 0 Å². The Morgan fingerprint density at radius 3 is 2.31 bits per heavy atom. The van der Waals surface area contributed by atoms with Crippen LogP contribution in [0.4, 0.5) is 8.78 Å². The van der Waals surface area contributed by atoms with Crippen molar-refractivity contribution in [1.29, 1.82) is 0 Å². The van der Waals surface area contributed by atoms with Gasteiger partial charge in [-0.3, -0.25) is 4.79 Å². The Kier molecular flexibility index (Phi) is 5.69. The fourth-order valence-corrected chi connectivity index (χ4v) is 5.11. The molecule has 0 unspecified atom stereocenters. The van der Waals surface area contributed by atoms with Gasteiger partial charge in [-0.25, -0.2) is 17.2 Å². The molecule has 5 nitrogen and oxygen atoms in total. The van der Waals surface area contributed by atoms with E-state index in [1.807, 2.05) is 16.8 Å². The Balaban J connectivity index is 1.62. The maximum atomic E-state index is 13.8. The Morgan fingerprint density at radius 2 is 1.73 bits per heavy atom. The van der Waals surface area contributed by atoms with Gasteiger partial charge >= 0.3 is 0 Å². The normalized spacial score (nSPS) is 16.0. The number of hydrogen-bond donors (Lipinski definition) is 0. The molecule has 1 amide bonds. The summed E-state index contributed by atoms with van der Waals surface area (Å²) in [6, 6.07) is 4.92. The van der Waals surface area contributed by atoms with E-state index in [1.54, 1.807) is 16.2 Å². The smallest absolute Gasteiger partial charge is 0.249 e. The summed E-state index contributed by atoms with van der Waals surface area (Å²) in [5.74, 6) is -2.27. The zero-order valence-electron chi connectivity index (χ0n) is 13.9. The summed E-state index contributed by atoms with van der Waals surface area (Å²) >= 11 is 1.57. The first-order chi connectivity index (χ1) is 12.4. The van der Waals surface area contributed by atoms with Gasteiger partial charge in [0.2, 0.25) is 15.9 Å². The predicted molar refractivity (Wildman–Crippen MR) is 94.3 cm³/mol. The first-order valence-corrected chi connectivity index (χ1v) is 10.5. The van der Waals surface area contributed by atoms with Gasteiger partial charge < -0.3 is 4.90 Å². The van der Waals surface area contributed by atoms with Crippen LogP contribution in [0.5, 0.6) is 0 Å². The van der Waals surface area contributed by atoms with Gasteiger partial charge in [0.05, 0.1) is 0 Å². The molecule has 26 heavy (non-hydrogen) atoms. The molecule has 0 bridgehead atoms. The van der Waals surface area contributed by atoms with Crippen molar-refractivity contribution < 1.29 is 22.0 Å². The summed E-state index contributed by atoms with van der Waals surface area (Å²) < 4.78 is 53.7. The zero-order chi connectivity index (χ0) is 18.7. The molecule has 3 rings (SSSR count). The second-order valence-electron chi connectivity index (χ2n) is 5.97. The van der Waals surface area contributed by atoms with Crippen molar-refractivity contribution in [3.63, 3.8) is 0 Å². The number of rotatable bonds is 5. The molecular formula is C17H18F2N2O3S2. The molecule has 0 saturated carbocycles. The Labute approximate surface area is 154 Å². The van der Waals surface area contributed by atoms with Gasteiger partial charge in [0.1, 0.15) is 11.6 Å². The highest BCUT2D eigenvalue weighted by Crippen LogP contribution is 2.23. The molecule has 1 aromatic heterocycles. The minimum atomic E-state index is -4.27. The van der Waals surface area contributed by atoms with Crippen LogP contribution in [0.15, 0.2) is 39.9 Å². The molecule has 1 aliphatic rings. The predicted octanol–water partition coefficient (Wildman–Crippen LogP) is 2.49. The first kappa shape index (κ1) is 18.9. The van der Waals surface area contributed by atoms with Crippen LogP contribution in [0.1, 0.15) is 12.0 Å². The summed E-state index contributed by atoms with van der Waals surface area (Å²) in [5.41, 5.74) is 1.10. The third-order valence-electron chi connectivity index (χ3n) is 4.32. The van der Waals surface area contributed by atoms with Crippen molar-refractivity contribution in [2.24, 2.45) is 0 Å². The highest BCUT2D eigenvalue weighted by molar-refractivity contribution is 7.89. The minimum absolute atomic E-state index is 0.0142. The largest absolute Gasteiger partial charge is 0.340 e. The van der Waals surface area contributed by atoms with Crippen molar-refractivity contribution in [2.45, 2.75) is 17.7 Å². The number of amides is 1. The van der Waals surface area contributed by atoms with Crippen molar-refractivity contribution in [2.75, 3.05) is 26.2 Å². The van der Waals surface area contributed by atoms with E-state index in [0.29, 0.717) is 12.8 Å². The molecule has 0 N–H and O–H groups in total. The number of carbonyl (C=O) groups excluding carboxylic acids is 1. The van der Waals surface area contributed by atoms with E-state index in [2.05, 4.69) is 0 Å². The average molecular weight is 400 g/mol. The fraction of sp³-hybridized carbons (Fsp3) is 0.353. The van der Waals surface area contributed by atoms with E-state index in [9.17, 15) is 22.0 Å². The Bertz CT molecular complexity index is 857. The number of halogens is 2. The fourth-order valence-electron chi connectivity index (χ4n) is 2.88. The second kappa shape index (κ2) is 7.81. The molecule has 1 saturated heterocycles. The van der Waals surface area contributed by atoms with Crippen LogP contribution in [-0.4, -0.2) is 49.7 Å². The summed E-state index contributed by atoms with van der Waals surface area (Å²) in [6.07, 6.45) is 0.993. The topological polar surface area (TPSA) is 57.7 Å². The summed E-state index contributed by atoms with van der Waals surface area (Å²) in [7, 11) is -4.27. The maximum absolute atomic E-state index is 13.8. The van der Waals surface area contributed by atoms with Crippen molar-refractivity contribution in [1.82, 2.24) is 9.21 Å². The lowest BCUT2D eigenvalue weighted by atomic mass is 10.1. The number of nitrogens with zero attached hydrogens (tertiary/aromatic N) is 2. The van der Waals surface area contributed by atoms with Crippen LogP contribution in [0, 0.1) is 11.6 Å². The first-order valence-electron chi connectivity index (χ1n) is 8.12. The molecule has 140 valence electrons. The quantitative estimate of drug-likeness (QED) is 0.775. The van der Waals surface area contributed by atoms with Crippen molar-refractivity contribution in [3.05, 3.63) is 52.2 Å². The summed E-state index contributed by atoms with van der Waals surface area (Å²) in [5, 5.41) is 3.94. The number of hydrogen-bond acceptors (Lipinski definition) is 4. The molecule has 0 atom stereocenters. The average Bonchev–Trinajstić information content (AvgIpc) is 3.13. The number of carbonyl (C=O) groups is 1. The summed E-state index contributed by atoms with van der Waals surface area (Å²) in [4.78, 5) is 12.9. The van der Waals surface area contributed by atoms with Gasteiger partial charge in [-0.1, -0.05) is 6.07 Å². The highest BCUT2D eigenvalue weighted by atomic mass is 32.2. The highest BCUT2D eigenvalue weighted by Gasteiger charge is 2.33. The van der Waals surface area contributed by atoms with Crippen molar-refractivity contribution >= 4 is 27.3 Å².